The van der Waals surface area contributed by atoms with Gasteiger partial charge in [-0.3, -0.25) is 15.5 Å². The molecule has 0 radical (unpaired) electrons. The van der Waals surface area contributed by atoms with E-state index in [4.69, 9.17) is 5.84 Å². The van der Waals surface area contributed by atoms with Gasteiger partial charge in [0.25, 0.3) is 0 Å². The van der Waals surface area contributed by atoms with Crippen molar-refractivity contribution in [3.8, 4) is 0 Å². The lowest BCUT2D eigenvalue weighted by Crippen LogP contribution is -2.29. The molecule has 0 aliphatic rings. The monoisotopic (exact) mass is 249 g/mol. The zero-order valence-corrected chi connectivity index (χ0v) is 10.6. The number of rotatable bonds is 3. The minimum atomic E-state index is -0.382. The summed E-state index contributed by atoms with van der Waals surface area (Å²) in [6.45, 7) is 3.85. The Kier molecular flexibility index (Phi) is 3.40. The number of hydrazine groups is 1. The molecule has 96 valence electrons. The predicted molar refractivity (Wildman–Crippen MR) is 66.0 cm³/mol. The third-order valence-corrected chi connectivity index (χ3v) is 3.08. The van der Waals surface area contributed by atoms with E-state index in [1.54, 1.807) is 10.9 Å². The molecule has 1 unspecified atom stereocenters. The molecule has 0 saturated carbocycles. The number of aryl methyl sites for hydroxylation is 2. The van der Waals surface area contributed by atoms with Gasteiger partial charge in [0, 0.05) is 24.5 Å². The molecule has 0 bridgehead atoms. The van der Waals surface area contributed by atoms with Crippen LogP contribution < -0.4 is 11.3 Å². The second-order valence-electron chi connectivity index (χ2n) is 4.24. The number of pyridine rings is 1. The summed E-state index contributed by atoms with van der Waals surface area (Å²) in [5.74, 6) is 5.21. The normalized spacial score (nSPS) is 12.7. The molecule has 2 aromatic rings. The van der Waals surface area contributed by atoms with Crippen LogP contribution in [0.2, 0.25) is 0 Å². The fourth-order valence-electron chi connectivity index (χ4n) is 2.14. The molecule has 2 heterocycles. The molecule has 0 saturated heterocycles. The summed E-state index contributed by atoms with van der Waals surface area (Å²) < 4.78 is 15.0. The van der Waals surface area contributed by atoms with Crippen LogP contribution in [0.5, 0.6) is 0 Å². The van der Waals surface area contributed by atoms with Gasteiger partial charge in [-0.1, -0.05) is 0 Å². The minimum Gasteiger partial charge on any atom is -0.272 e. The lowest BCUT2D eigenvalue weighted by atomic mass is 9.99. The Morgan fingerprint density at radius 2 is 2.11 bits per heavy atom. The average molecular weight is 249 g/mol. The van der Waals surface area contributed by atoms with E-state index in [-0.39, 0.29) is 11.9 Å². The van der Waals surface area contributed by atoms with Crippen molar-refractivity contribution in [1.82, 2.24) is 20.2 Å². The summed E-state index contributed by atoms with van der Waals surface area (Å²) >= 11 is 0. The van der Waals surface area contributed by atoms with Crippen LogP contribution in [0.3, 0.4) is 0 Å². The second kappa shape index (κ2) is 4.83. The predicted octanol–water partition coefficient (Wildman–Crippen LogP) is 1.12. The van der Waals surface area contributed by atoms with Crippen LogP contribution in [-0.2, 0) is 7.05 Å². The van der Waals surface area contributed by atoms with Gasteiger partial charge in [0.15, 0.2) is 0 Å². The molecular weight excluding hydrogens is 233 g/mol. The summed E-state index contributed by atoms with van der Waals surface area (Å²) in [5.41, 5.74) is 6.17. The van der Waals surface area contributed by atoms with Crippen LogP contribution >= 0.6 is 0 Å². The van der Waals surface area contributed by atoms with Crippen LogP contribution in [0.1, 0.15) is 28.6 Å². The highest BCUT2D eigenvalue weighted by Crippen LogP contribution is 2.26. The molecule has 1 atom stereocenters. The molecule has 0 aliphatic heterocycles. The Hall–Kier alpha value is -1.79. The maximum absolute atomic E-state index is 13.2. The molecule has 0 fully saturated rings. The first-order valence-electron chi connectivity index (χ1n) is 5.61. The molecule has 0 aliphatic carbocycles. The second-order valence-corrected chi connectivity index (χ2v) is 4.24. The molecule has 2 aromatic heterocycles. The summed E-state index contributed by atoms with van der Waals surface area (Å²) in [6.07, 6.45) is 2.76. The van der Waals surface area contributed by atoms with Crippen molar-refractivity contribution < 1.29 is 4.39 Å². The molecular formula is C12H16FN5. The van der Waals surface area contributed by atoms with E-state index in [1.165, 1.54) is 12.3 Å². The molecule has 0 amide bonds. The van der Waals surface area contributed by atoms with Gasteiger partial charge in [-0.25, -0.2) is 9.82 Å². The third kappa shape index (κ3) is 2.12. The molecule has 2 rings (SSSR count). The fourth-order valence-corrected chi connectivity index (χ4v) is 2.14. The number of hydrogen-bond donors (Lipinski definition) is 2. The number of nitrogens with two attached hydrogens (primary N) is 1. The van der Waals surface area contributed by atoms with Gasteiger partial charge in [-0.15, -0.1) is 0 Å². The van der Waals surface area contributed by atoms with Crippen molar-refractivity contribution in [3.63, 3.8) is 0 Å². The summed E-state index contributed by atoms with van der Waals surface area (Å²) in [4.78, 5) is 3.85. The van der Waals surface area contributed by atoms with Crippen molar-refractivity contribution in [1.29, 1.82) is 0 Å². The van der Waals surface area contributed by atoms with Crippen LogP contribution in [0.25, 0.3) is 0 Å². The number of halogens is 1. The van der Waals surface area contributed by atoms with Crippen LogP contribution in [0.4, 0.5) is 4.39 Å². The lowest BCUT2D eigenvalue weighted by molar-refractivity contribution is 0.594. The van der Waals surface area contributed by atoms with Gasteiger partial charge in [-0.2, -0.15) is 5.10 Å². The third-order valence-electron chi connectivity index (χ3n) is 3.08. The van der Waals surface area contributed by atoms with Crippen LogP contribution in [0, 0.1) is 19.7 Å². The zero-order chi connectivity index (χ0) is 13.3. The molecule has 0 aromatic carbocycles. The average Bonchev–Trinajstić information content (AvgIpc) is 2.57. The number of aromatic nitrogens is 3. The van der Waals surface area contributed by atoms with E-state index in [9.17, 15) is 4.39 Å². The Labute approximate surface area is 105 Å². The summed E-state index contributed by atoms with van der Waals surface area (Å²) in [6, 6.07) is 1.10. The van der Waals surface area contributed by atoms with Crippen LogP contribution in [0.15, 0.2) is 18.5 Å². The topological polar surface area (TPSA) is 68.8 Å². The van der Waals surface area contributed by atoms with Crippen molar-refractivity contribution in [2.45, 2.75) is 19.9 Å². The Morgan fingerprint density at radius 1 is 1.39 bits per heavy atom. The van der Waals surface area contributed by atoms with Gasteiger partial charge in [0.2, 0.25) is 0 Å². The van der Waals surface area contributed by atoms with E-state index >= 15 is 0 Å². The molecule has 18 heavy (non-hydrogen) atoms. The van der Waals surface area contributed by atoms with E-state index in [2.05, 4.69) is 15.5 Å². The number of nitrogens with one attached hydrogen (secondary N) is 1. The standard InChI is InChI=1S/C12H16FN5/c1-7-11(8(2)18(3)17-7)12(16-14)9-4-10(13)6-15-5-9/h4-6,12,16H,14H2,1-3H3. The largest absolute Gasteiger partial charge is 0.272 e. The maximum atomic E-state index is 13.2. The van der Waals surface area contributed by atoms with Crippen molar-refractivity contribution >= 4 is 0 Å². The van der Waals surface area contributed by atoms with E-state index in [0.29, 0.717) is 5.56 Å². The van der Waals surface area contributed by atoms with Crippen molar-refractivity contribution in [2.24, 2.45) is 12.9 Å². The van der Waals surface area contributed by atoms with Crippen molar-refractivity contribution in [2.75, 3.05) is 0 Å². The zero-order valence-electron chi connectivity index (χ0n) is 10.6. The minimum absolute atomic E-state index is 0.318. The summed E-state index contributed by atoms with van der Waals surface area (Å²) in [7, 11) is 1.86. The van der Waals surface area contributed by atoms with Gasteiger partial charge >= 0.3 is 0 Å². The fraction of sp³-hybridized carbons (Fsp3) is 0.333. The van der Waals surface area contributed by atoms with Gasteiger partial charge < -0.3 is 0 Å². The van der Waals surface area contributed by atoms with Gasteiger partial charge in [0.05, 0.1) is 17.9 Å². The Morgan fingerprint density at radius 3 is 2.61 bits per heavy atom. The SMILES string of the molecule is Cc1nn(C)c(C)c1C(NN)c1cncc(F)c1. The number of hydrogen-bond acceptors (Lipinski definition) is 4. The highest BCUT2D eigenvalue weighted by atomic mass is 19.1. The Balaban J connectivity index is 2.52. The van der Waals surface area contributed by atoms with Gasteiger partial charge in [0.1, 0.15) is 5.82 Å². The first kappa shape index (κ1) is 12.7. The lowest BCUT2D eigenvalue weighted by Gasteiger charge is -2.17. The first-order chi connectivity index (χ1) is 8.54. The molecule has 5 nitrogen and oxygen atoms in total. The van der Waals surface area contributed by atoms with E-state index < -0.39 is 0 Å². The maximum Gasteiger partial charge on any atom is 0.141 e. The smallest absolute Gasteiger partial charge is 0.141 e. The van der Waals surface area contributed by atoms with E-state index in [0.717, 1.165) is 17.0 Å². The first-order valence-corrected chi connectivity index (χ1v) is 5.61. The van der Waals surface area contributed by atoms with Crippen molar-refractivity contribution in [3.05, 3.63) is 46.8 Å². The Bertz CT molecular complexity index is 564. The van der Waals surface area contributed by atoms with E-state index in [1.807, 2.05) is 20.9 Å². The number of nitrogens with zero attached hydrogens (tertiary/aromatic N) is 3. The molecule has 0 spiro atoms. The quantitative estimate of drug-likeness (QED) is 0.632. The highest BCUT2D eigenvalue weighted by molar-refractivity contribution is 5.35. The van der Waals surface area contributed by atoms with Gasteiger partial charge in [-0.05, 0) is 25.5 Å². The molecule has 6 heteroatoms. The van der Waals surface area contributed by atoms with Crippen LogP contribution in [-0.4, -0.2) is 14.8 Å². The highest BCUT2D eigenvalue weighted by Gasteiger charge is 2.21. The summed E-state index contributed by atoms with van der Waals surface area (Å²) in [5, 5.41) is 4.33. The molecule has 3 N–H and O–H groups in total.